The zero-order valence-electron chi connectivity index (χ0n) is 8.62. The van der Waals surface area contributed by atoms with E-state index in [1.54, 1.807) is 7.11 Å². The largest absolute Gasteiger partial charge is 0.382 e. The number of hydrogen-bond donors (Lipinski definition) is 1. The molecule has 0 atom stereocenters. The Morgan fingerprint density at radius 2 is 2.21 bits per heavy atom. The van der Waals surface area contributed by atoms with Crippen molar-refractivity contribution in [1.82, 2.24) is 10.5 Å². The first-order valence-electron chi connectivity index (χ1n) is 4.58. The quantitative estimate of drug-likeness (QED) is 0.545. The molecule has 0 amide bonds. The van der Waals surface area contributed by atoms with Gasteiger partial charge >= 0.3 is 0 Å². The van der Waals surface area contributed by atoms with Gasteiger partial charge < -0.3 is 4.74 Å². The number of aromatic nitrogens is 1. The molecule has 0 aliphatic heterocycles. The number of nitrogens with zero attached hydrogens (tertiary/aromatic N) is 1. The summed E-state index contributed by atoms with van der Waals surface area (Å²) in [5.74, 6) is 0. The van der Waals surface area contributed by atoms with E-state index in [0.29, 0.717) is 19.8 Å². The van der Waals surface area contributed by atoms with E-state index in [0.717, 1.165) is 11.3 Å². The molecule has 1 N–H and O–H groups in total. The fourth-order valence-electron chi connectivity index (χ4n) is 0.935. The van der Waals surface area contributed by atoms with Crippen molar-refractivity contribution < 1.29 is 9.57 Å². The van der Waals surface area contributed by atoms with Crippen LogP contribution in [-0.2, 0) is 16.1 Å². The molecule has 4 nitrogen and oxygen atoms in total. The highest BCUT2D eigenvalue weighted by molar-refractivity contribution is 5.12. The molecule has 0 spiro atoms. The zero-order valence-corrected chi connectivity index (χ0v) is 8.62. The molecule has 1 heterocycles. The molecule has 4 heteroatoms. The highest BCUT2D eigenvalue weighted by Gasteiger charge is 1.92. The molecule has 78 valence electrons. The summed E-state index contributed by atoms with van der Waals surface area (Å²) in [6.45, 7) is 3.78. The maximum atomic E-state index is 5.11. The Morgan fingerprint density at radius 1 is 1.36 bits per heavy atom. The monoisotopic (exact) mass is 196 g/mol. The van der Waals surface area contributed by atoms with E-state index in [1.165, 1.54) is 0 Å². The van der Waals surface area contributed by atoms with Gasteiger partial charge in [-0.15, -0.1) is 0 Å². The van der Waals surface area contributed by atoms with Crippen LogP contribution in [0.5, 0.6) is 0 Å². The van der Waals surface area contributed by atoms with Crippen LogP contribution in [0.4, 0.5) is 0 Å². The lowest BCUT2D eigenvalue weighted by Crippen LogP contribution is -2.17. The van der Waals surface area contributed by atoms with E-state index in [9.17, 15) is 0 Å². The first-order valence-corrected chi connectivity index (χ1v) is 4.58. The lowest BCUT2D eigenvalue weighted by atomic mass is 10.2. The molecule has 1 rings (SSSR count). The summed E-state index contributed by atoms with van der Waals surface area (Å²) in [5.41, 5.74) is 4.96. The Bertz CT molecular complexity index is 249. The van der Waals surface area contributed by atoms with Crippen molar-refractivity contribution in [2.45, 2.75) is 13.5 Å². The van der Waals surface area contributed by atoms with Crippen LogP contribution in [0.15, 0.2) is 18.3 Å². The minimum atomic E-state index is 0.551. The Kier molecular flexibility index (Phi) is 5.14. The van der Waals surface area contributed by atoms with Crippen molar-refractivity contribution in [3.63, 3.8) is 0 Å². The first-order chi connectivity index (χ1) is 6.83. The van der Waals surface area contributed by atoms with Gasteiger partial charge in [0.1, 0.15) is 0 Å². The average molecular weight is 196 g/mol. The van der Waals surface area contributed by atoms with Crippen LogP contribution in [0, 0.1) is 6.92 Å². The van der Waals surface area contributed by atoms with Crippen molar-refractivity contribution in [1.29, 1.82) is 0 Å². The Hall–Kier alpha value is -0.970. The summed E-state index contributed by atoms with van der Waals surface area (Å²) in [7, 11) is 1.65. The highest BCUT2D eigenvalue weighted by Crippen LogP contribution is 1.98. The lowest BCUT2D eigenvalue weighted by molar-refractivity contribution is 0.00342. The standard InChI is InChI=1S/C10H16N2O2/c1-9-3-4-10(7-11-9)8-12-14-6-5-13-2/h3-4,7,12H,5-6,8H2,1-2H3. The summed E-state index contributed by atoms with van der Waals surface area (Å²) in [4.78, 5) is 9.28. The molecule has 0 aliphatic carbocycles. The van der Waals surface area contributed by atoms with Crippen LogP contribution in [0.1, 0.15) is 11.3 Å². The predicted molar refractivity (Wildman–Crippen MR) is 53.6 cm³/mol. The van der Waals surface area contributed by atoms with Gasteiger partial charge in [0.2, 0.25) is 0 Å². The third-order valence-electron chi connectivity index (χ3n) is 1.74. The molecule has 0 saturated carbocycles. The molecule has 1 aromatic heterocycles. The van der Waals surface area contributed by atoms with Crippen molar-refractivity contribution in [3.8, 4) is 0 Å². The predicted octanol–water partition coefficient (Wildman–Crippen LogP) is 1.06. The van der Waals surface area contributed by atoms with E-state index in [4.69, 9.17) is 9.57 Å². The van der Waals surface area contributed by atoms with Gasteiger partial charge in [-0.1, -0.05) is 6.07 Å². The summed E-state index contributed by atoms with van der Waals surface area (Å²) in [6.07, 6.45) is 1.84. The molecule has 14 heavy (non-hydrogen) atoms. The SMILES string of the molecule is COCCONCc1ccc(C)nc1. The van der Waals surface area contributed by atoms with Gasteiger partial charge in [0.15, 0.2) is 0 Å². The number of nitrogens with one attached hydrogen (secondary N) is 1. The molecule has 0 radical (unpaired) electrons. The number of aryl methyl sites for hydroxylation is 1. The van der Waals surface area contributed by atoms with Crippen LogP contribution in [0.2, 0.25) is 0 Å². The van der Waals surface area contributed by atoms with Gasteiger partial charge in [-0.25, -0.2) is 0 Å². The van der Waals surface area contributed by atoms with Gasteiger partial charge in [-0.05, 0) is 18.6 Å². The fourth-order valence-corrected chi connectivity index (χ4v) is 0.935. The summed E-state index contributed by atoms with van der Waals surface area (Å²) < 4.78 is 4.83. The van der Waals surface area contributed by atoms with Crippen molar-refractivity contribution in [3.05, 3.63) is 29.6 Å². The minimum Gasteiger partial charge on any atom is -0.382 e. The van der Waals surface area contributed by atoms with Crippen molar-refractivity contribution in [2.24, 2.45) is 0 Å². The smallest absolute Gasteiger partial charge is 0.0916 e. The average Bonchev–Trinajstić information content (AvgIpc) is 2.21. The minimum absolute atomic E-state index is 0.551. The summed E-state index contributed by atoms with van der Waals surface area (Å²) >= 11 is 0. The lowest BCUT2D eigenvalue weighted by Gasteiger charge is -2.05. The number of methoxy groups -OCH3 is 1. The van der Waals surface area contributed by atoms with Crippen molar-refractivity contribution in [2.75, 3.05) is 20.3 Å². The second-order valence-electron chi connectivity index (χ2n) is 2.97. The number of hydrogen-bond acceptors (Lipinski definition) is 4. The first kappa shape index (κ1) is 11.1. The Labute approximate surface area is 84.2 Å². The highest BCUT2D eigenvalue weighted by atomic mass is 16.7. The fraction of sp³-hybridized carbons (Fsp3) is 0.500. The van der Waals surface area contributed by atoms with E-state index < -0.39 is 0 Å². The zero-order chi connectivity index (χ0) is 10.2. The molecule has 0 unspecified atom stereocenters. The number of pyridine rings is 1. The molecule has 0 fully saturated rings. The Balaban J connectivity index is 2.15. The number of ether oxygens (including phenoxy) is 1. The maximum Gasteiger partial charge on any atom is 0.0916 e. The van der Waals surface area contributed by atoms with Gasteiger partial charge in [-0.2, -0.15) is 5.48 Å². The van der Waals surface area contributed by atoms with Crippen LogP contribution in [0.3, 0.4) is 0 Å². The van der Waals surface area contributed by atoms with Crippen molar-refractivity contribution >= 4 is 0 Å². The van der Waals surface area contributed by atoms with Gasteiger partial charge in [0.25, 0.3) is 0 Å². The normalized spacial score (nSPS) is 10.4. The molecular weight excluding hydrogens is 180 g/mol. The van der Waals surface area contributed by atoms with Crippen LogP contribution in [0.25, 0.3) is 0 Å². The summed E-state index contributed by atoms with van der Waals surface area (Å²) in [5, 5.41) is 0. The molecule has 0 aromatic carbocycles. The van der Waals surface area contributed by atoms with E-state index in [2.05, 4.69) is 10.5 Å². The number of rotatable bonds is 6. The van der Waals surface area contributed by atoms with Crippen LogP contribution in [-0.4, -0.2) is 25.3 Å². The van der Waals surface area contributed by atoms with Crippen LogP contribution >= 0.6 is 0 Å². The van der Waals surface area contributed by atoms with Gasteiger partial charge in [0, 0.05) is 25.5 Å². The second kappa shape index (κ2) is 6.48. The molecule has 0 saturated heterocycles. The topological polar surface area (TPSA) is 43.4 Å². The second-order valence-corrected chi connectivity index (χ2v) is 2.97. The number of hydroxylamine groups is 1. The third kappa shape index (κ3) is 4.32. The maximum absolute atomic E-state index is 5.11. The van der Waals surface area contributed by atoms with E-state index in [-0.39, 0.29) is 0 Å². The molecule has 0 bridgehead atoms. The Morgan fingerprint density at radius 3 is 2.86 bits per heavy atom. The molecule has 0 aliphatic rings. The van der Waals surface area contributed by atoms with Gasteiger partial charge in [0.05, 0.1) is 13.2 Å². The van der Waals surface area contributed by atoms with E-state index >= 15 is 0 Å². The summed E-state index contributed by atoms with van der Waals surface area (Å²) in [6, 6.07) is 4.00. The van der Waals surface area contributed by atoms with Gasteiger partial charge in [-0.3, -0.25) is 9.82 Å². The van der Waals surface area contributed by atoms with E-state index in [1.807, 2.05) is 25.3 Å². The van der Waals surface area contributed by atoms with Crippen LogP contribution < -0.4 is 5.48 Å². The molecular formula is C10H16N2O2. The third-order valence-corrected chi connectivity index (χ3v) is 1.74. The molecule has 1 aromatic rings.